The first-order valence-corrected chi connectivity index (χ1v) is 8.35. The molecule has 1 aromatic rings. The average Bonchev–Trinajstić information content (AvgIpc) is 2.57. The molecule has 1 unspecified atom stereocenters. The fourth-order valence-electron chi connectivity index (χ4n) is 2.75. The number of alkyl halides is 11. The third-order valence-electron chi connectivity index (χ3n) is 4.45. The van der Waals surface area contributed by atoms with Crippen LogP contribution in [0, 0.1) is 0 Å². The molecule has 0 radical (unpaired) electrons. The lowest BCUT2D eigenvalue weighted by molar-refractivity contribution is -0.423. The first kappa shape index (κ1) is 26.4. The molecular formula is C18H19F11O. The van der Waals surface area contributed by atoms with Crippen LogP contribution in [0.3, 0.4) is 0 Å². The molecule has 0 spiro atoms. The second kappa shape index (κ2) is 7.83. The van der Waals surface area contributed by atoms with E-state index in [2.05, 4.69) is 0 Å². The molecule has 1 atom stereocenters. The minimum Gasteiger partial charge on any atom is -0.377 e. The maximum atomic E-state index is 14.2. The van der Waals surface area contributed by atoms with Crippen molar-refractivity contribution in [2.75, 3.05) is 7.11 Å². The van der Waals surface area contributed by atoms with Gasteiger partial charge in [-0.3, -0.25) is 0 Å². The third-order valence-corrected chi connectivity index (χ3v) is 4.45. The molecule has 174 valence electrons. The van der Waals surface area contributed by atoms with Crippen LogP contribution in [0.4, 0.5) is 48.3 Å². The van der Waals surface area contributed by atoms with Crippen molar-refractivity contribution in [3.63, 3.8) is 0 Å². The summed E-state index contributed by atoms with van der Waals surface area (Å²) in [6.07, 6.45) is -11.5. The Morgan fingerprint density at radius 2 is 1.20 bits per heavy atom. The molecule has 0 saturated heterocycles. The van der Waals surface area contributed by atoms with Crippen molar-refractivity contribution in [1.82, 2.24) is 0 Å². The van der Waals surface area contributed by atoms with Gasteiger partial charge in [0.25, 0.3) is 0 Å². The van der Waals surface area contributed by atoms with E-state index in [-0.39, 0.29) is 5.56 Å². The maximum Gasteiger partial charge on any atom is 0.460 e. The average molecular weight is 460 g/mol. The summed E-state index contributed by atoms with van der Waals surface area (Å²) in [7, 11) is 0.779. The SMILES string of the molecule is COC(CC(F)(F)C(F)(F)C(F)(F)C(F)(F)C(F)(F)F)c1ccccc1C(C)(C)C. The van der Waals surface area contributed by atoms with Gasteiger partial charge in [0.05, 0.1) is 6.10 Å². The molecule has 0 bridgehead atoms. The lowest BCUT2D eigenvalue weighted by Gasteiger charge is -2.38. The molecule has 0 N–H and O–H groups in total. The van der Waals surface area contributed by atoms with E-state index >= 15 is 0 Å². The summed E-state index contributed by atoms with van der Waals surface area (Å²) in [5, 5.41) is 0. The van der Waals surface area contributed by atoms with Gasteiger partial charge in [0.15, 0.2) is 0 Å². The first-order chi connectivity index (χ1) is 13.1. The molecule has 1 nitrogen and oxygen atoms in total. The Balaban J connectivity index is 3.44. The molecule has 0 aliphatic rings. The number of rotatable bonds is 7. The Hall–Kier alpha value is -1.59. The molecule has 0 amide bonds. The van der Waals surface area contributed by atoms with Crippen LogP contribution >= 0.6 is 0 Å². The topological polar surface area (TPSA) is 9.23 Å². The van der Waals surface area contributed by atoms with E-state index in [0.29, 0.717) is 5.56 Å². The van der Waals surface area contributed by atoms with Crippen molar-refractivity contribution >= 4 is 0 Å². The summed E-state index contributed by atoms with van der Waals surface area (Å²) in [5.41, 5.74) is -0.587. The highest BCUT2D eigenvalue weighted by molar-refractivity contribution is 5.35. The summed E-state index contributed by atoms with van der Waals surface area (Å²) in [6, 6.07) is 5.37. The van der Waals surface area contributed by atoms with E-state index in [9.17, 15) is 48.3 Å². The molecule has 30 heavy (non-hydrogen) atoms. The molecule has 0 aliphatic carbocycles. The Morgan fingerprint density at radius 3 is 1.60 bits per heavy atom. The van der Waals surface area contributed by atoms with Gasteiger partial charge < -0.3 is 4.74 Å². The van der Waals surface area contributed by atoms with Crippen LogP contribution in [-0.2, 0) is 10.2 Å². The number of hydrogen-bond acceptors (Lipinski definition) is 1. The minimum atomic E-state index is -7.43. The molecule has 1 rings (SSSR count). The fraction of sp³-hybridized carbons (Fsp3) is 0.667. The zero-order valence-electron chi connectivity index (χ0n) is 16.2. The van der Waals surface area contributed by atoms with E-state index in [1.807, 2.05) is 0 Å². The van der Waals surface area contributed by atoms with Crippen LogP contribution in [0.25, 0.3) is 0 Å². The van der Waals surface area contributed by atoms with Crippen molar-refractivity contribution in [1.29, 1.82) is 0 Å². The van der Waals surface area contributed by atoms with Crippen LogP contribution in [0.1, 0.15) is 44.4 Å². The third kappa shape index (κ3) is 4.38. The predicted molar refractivity (Wildman–Crippen MR) is 85.4 cm³/mol. The van der Waals surface area contributed by atoms with Crippen molar-refractivity contribution in [3.8, 4) is 0 Å². The highest BCUT2D eigenvalue weighted by Crippen LogP contribution is 2.58. The van der Waals surface area contributed by atoms with Gasteiger partial charge in [-0.05, 0) is 16.5 Å². The van der Waals surface area contributed by atoms with Gasteiger partial charge in [0.2, 0.25) is 0 Å². The first-order valence-electron chi connectivity index (χ1n) is 8.35. The number of halogens is 11. The molecule has 0 fully saturated rings. The largest absolute Gasteiger partial charge is 0.460 e. The maximum absolute atomic E-state index is 14.2. The van der Waals surface area contributed by atoms with Gasteiger partial charge in [0.1, 0.15) is 0 Å². The fourth-order valence-corrected chi connectivity index (χ4v) is 2.75. The van der Waals surface area contributed by atoms with Crippen LogP contribution in [0.15, 0.2) is 24.3 Å². The monoisotopic (exact) mass is 460 g/mol. The van der Waals surface area contributed by atoms with Crippen LogP contribution in [0.2, 0.25) is 0 Å². The lowest BCUT2D eigenvalue weighted by atomic mass is 9.81. The van der Waals surface area contributed by atoms with E-state index < -0.39 is 47.8 Å². The molecule has 0 aliphatic heterocycles. The highest BCUT2D eigenvalue weighted by Gasteiger charge is 2.87. The van der Waals surface area contributed by atoms with Gasteiger partial charge >= 0.3 is 29.9 Å². The zero-order chi connectivity index (χ0) is 24.0. The second-order valence-corrected chi connectivity index (χ2v) is 7.69. The summed E-state index contributed by atoms with van der Waals surface area (Å²) in [6.45, 7) is 4.84. The molecule has 0 heterocycles. The Kier molecular flexibility index (Phi) is 6.90. The van der Waals surface area contributed by atoms with E-state index in [0.717, 1.165) is 7.11 Å². The molecule has 1 aromatic carbocycles. The van der Waals surface area contributed by atoms with Crippen molar-refractivity contribution in [2.24, 2.45) is 0 Å². The van der Waals surface area contributed by atoms with E-state index in [1.165, 1.54) is 24.3 Å². The highest BCUT2D eigenvalue weighted by atomic mass is 19.4. The number of benzene rings is 1. The smallest absolute Gasteiger partial charge is 0.377 e. The zero-order valence-corrected chi connectivity index (χ0v) is 16.2. The Morgan fingerprint density at radius 1 is 0.733 bits per heavy atom. The minimum absolute atomic E-state index is 0.131. The number of ether oxygens (including phenoxy) is 1. The predicted octanol–water partition coefficient (Wildman–Crippen LogP) is 7.17. The summed E-state index contributed by atoms with van der Waals surface area (Å²) < 4.78 is 150. The Labute approximate surface area is 165 Å². The van der Waals surface area contributed by atoms with Gasteiger partial charge in [-0.2, -0.15) is 48.3 Å². The van der Waals surface area contributed by atoms with Crippen molar-refractivity contribution < 1.29 is 53.0 Å². The van der Waals surface area contributed by atoms with Gasteiger partial charge in [-0.1, -0.05) is 45.0 Å². The quantitative estimate of drug-likeness (QED) is 0.392. The Bertz CT molecular complexity index is 732. The molecule has 12 heteroatoms. The van der Waals surface area contributed by atoms with Crippen molar-refractivity contribution in [2.45, 2.75) is 68.6 Å². The second-order valence-electron chi connectivity index (χ2n) is 7.69. The van der Waals surface area contributed by atoms with Crippen LogP contribution < -0.4 is 0 Å². The summed E-state index contributed by atoms with van der Waals surface area (Å²) in [4.78, 5) is 0. The summed E-state index contributed by atoms with van der Waals surface area (Å²) in [5.74, 6) is -27.9. The van der Waals surface area contributed by atoms with E-state index in [1.54, 1.807) is 20.8 Å². The van der Waals surface area contributed by atoms with E-state index in [4.69, 9.17) is 4.74 Å². The lowest BCUT2D eigenvalue weighted by Crippen LogP contribution is -2.66. The van der Waals surface area contributed by atoms with Gasteiger partial charge in [0, 0.05) is 13.5 Å². The van der Waals surface area contributed by atoms with Gasteiger partial charge in [-0.15, -0.1) is 0 Å². The molecular weight excluding hydrogens is 441 g/mol. The number of methoxy groups -OCH3 is 1. The van der Waals surface area contributed by atoms with Gasteiger partial charge in [-0.25, -0.2) is 0 Å². The summed E-state index contributed by atoms with van der Waals surface area (Å²) >= 11 is 0. The normalized spacial score (nSPS) is 16.0. The van der Waals surface area contributed by atoms with Crippen molar-refractivity contribution in [3.05, 3.63) is 35.4 Å². The van der Waals surface area contributed by atoms with Crippen LogP contribution in [-0.4, -0.2) is 37.0 Å². The van der Waals surface area contributed by atoms with Crippen LogP contribution in [0.5, 0.6) is 0 Å². The standard InChI is InChI=1S/C18H19F11O/c1-13(2,3)11-8-6-5-7-10(11)12(30-4)9-14(19,20)15(21,22)16(23,24)17(25,26)18(27,28)29/h5-8,12H,9H2,1-4H3. The molecule has 0 aromatic heterocycles. The number of hydrogen-bond donors (Lipinski definition) is 0. The molecule has 0 saturated carbocycles.